The second-order valence-electron chi connectivity index (χ2n) is 3.98. The summed E-state index contributed by atoms with van der Waals surface area (Å²) in [7, 11) is 0. The Bertz CT molecular complexity index is 146. The molecule has 0 aromatic heterocycles. The molecule has 0 heterocycles. The maximum atomic E-state index is 11.1. The number of nitrogens with two attached hydrogens (primary N) is 1. The van der Waals surface area contributed by atoms with E-state index in [1.54, 1.807) is 0 Å². The summed E-state index contributed by atoms with van der Waals surface area (Å²) in [4.78, 5) is 11.1. The Kier molecular flexibility index (Phi) is 6.59. The molecule has 0 saturated carbocycles. The van der Waals surface area contributed by atoms with Gasteiger partial charge in [-0.2, -0.15) is 0 Å². The SMILES string of the molecule is CC(C)CCC(C)NC(=O)CCN. The second kappa shape index (κ2) is 6.89. The molecule has 0 aromatic rings. The fourth-order valence-electron chi connectivity index (χ4n) is 1.13. The minimum atomic E-state index is 0.0683. The summed E-state index contributed by atoms with van der Waals surface area (Å²) in [6, 6.07) is 0.279. The fourth-order valence-corrected chi connectivity index (χ4v) is 1.13. The number of hydrogen-bond acceptors (Lipinski definition) is 2. The summed E-state index contributed by atoms with van der Waals surface area (Å²) in [5.74, 6) is 0.771. The van der Waals surface area contributed by atoms with E-state index in [2.05, 4.69) is 19.2 Å². The van der Waals surface area contributed by atoms with Crippen molar-refractivity contribution in [3.8, 4) is 0 Å². The number of hydrogen-bond donors (Lipinski definition) is 2. The number of rotatable bonds is 6. The van der Waals surface area contributed by atoms with Crippen molar-refractivity contribution in [2.75, 3.05) is 6.54 Å². The van der Waals surface area contributed by atoms with E-state index in [1.807, 2.05) is 6.92 Å². The topological polar surface area (TPSA) is 55.1 Å². The van der Waals surface area contributed by atoms with E-state index >= 15 is 0 Å². The van der Waals surface area contributed by atoms with Crippen LogP contribution in [0.2, 0.25) is 0 Å². The van der Waals surface area contributed by atoms with Crippen molar-refractivity contribution in [1.82, 2.24) is 5.32 Å². The Morgan fingerprint density at radius 1 is 1.31 bits per heavy atom. The third kappa shape index (κ3) is 7.78. The summed E-state index contributed by atoms with van der Waals surface area (Å²) < 4.78 is 0. The number of carbonyl (C=O) groups excluding carboxylic acids is 1. The van der Waals surface area contributed by atoms with Gasteiger partial charge in [0.05, 0.1) is 0 Å². The first kappa shape index (κ1) is 12.4. The van der Waals surface area contributed by atoms with Gasteiger partial charge in [-0.25, -0.2) is 0 Å². The minimum Gasteiger partial charge on any atom is -0.354 e. The molecule has 0 rings (SSSR count). The highest BCUT2D eigenvalue weighted by molar-refractivity contribution is 5.76. The van der Waals surface area contributed by atoms with Crippen molar-refractivity contribution in [2.24, 2.45) is 11.7 Å². The molecule has 0 spiro atoms. The van der Waals surface area contributed by atoms with Gasteiger partial charge in [-0.3, -0.25) is 4.79 Å². The van der Waals surface area contributed by atoms with E-state index in [0.717, 1.165) is 12.8 Å². The summed E-state index contributed by atoms with van der Waals surface area (Å²) in [6.45, 7) is 6.85. The molecule has 0 aromatic carbocycles. The molecule has 3 N–H and O–H groups in total. The Hall–Kier alpha value is -0.570. The van der Waals surface area contributed by atoms with Crippen LogP contribution in [0.25, 0.3) is 0 Å². The van der Waals surface area contributed by atoms with Crippen LogP contribution in [-0.2, 0) is 4.79 Å². The molecule has 0 saturated heterocycles. The molecule has 78 valence electrons. The standard InChI is InChI=1S/C10H22N2O/c1-8(2)4-5-9(3)12-10(13)6-7-11/h8-9H,4-7,11H2,1-3H3,(H,12,13). The molecule has 1 unspecified atom stereocenters. The average Bonchev–Trinajstić information content (AvgIpc) is 2.01. The second-order valence-corrected chi connectivity index (χ2v) is 3.98. The first-order valence-corrected chi connectivity index (χ1v) is 5.05. The largest absolute Gasteiger partial charge is 0.354 e. The fraction of sp³-hybridized carbons (Fsp3) is 0.900. The molecule has 0 aliphatic carbocycles. The van der Waals surface area contributed by atoms with Crippen LogP contribution in [0, 0.1) is 5.92 Å². The predicted molar refractivity (Wildman–Crippen MR) is 55.3 cm³/mol. The lowest BCUT2D eigenvalue weighted by Gasteiger charge is -2.14. The lowest BCUT2D eigenvalue weighted by molar-refractivity contribution is -0.121. The van der Waals surface area contributed by atoms with Crippen LogP contribution in [0.5, 0.6) is 0 Å². The van der Waals surface area contributed by atoms with Crippen LogP contribution in [0.3, 0.4) is 0 Å². The highest BCUT2D eigenvalue weighted by atomic mass is 16.1. The van der Waals surface area contributed by atoms with Crippen LogP contribution in [0.4, 0.5) is 0 Å². The summed E-state index contributed by atoms with van der Waals surface area (Å²) in [6.07, 6.45) is 2.64. The van der Waals surface area contributed by atoms with Crippen molar-refractivity contribution in [3.05, 3.63) is 0 Å². The summed E-state index contributed by atoms with van der Waals surface area (Å²) in [5.41, 5.74) is 5.27. The Balaban J connectivity index is 3.49. The van der Waals surface area contributed by atoms with Gasteiger partial charge in [-0.1, -0.05) is 13.8 Å². The number of amides is 1. The van der Waals surface area contributed by atoms with E-state index in [1.165, 1.54) is 0 Å². The lowest BCUT2D eigenvalue weighted by Crippen LogP contribution is -2.33. The average molecular weight is 186 g/mol. The number of carbonyl (C=O) groups is 1. The predicted octanol–water partition coefficient (Wildman–Crippen LogP) is 1.28. The van der Waals surface area contributed by atoms with E-state index in [4.69, 9.17) is 5.73 Å². The summed E-state index contributed by atoms with van der Waals surface area (Å²) >= 11 is 0. The van der Waals surface area contributed by atoms with E-state index in [0.29, 0.717) is 18.9 Å². The summed E-state index contributed by atoms with van der Waals surface area (Å²) in [5, 5.41) is 2.92. The van der Waals surface area contributed by atoms with Crippen LogP contribution in [0.15, 0.2) is 0 Å². The van der Waals surface area contributed by atoms with E-state index in [-0.39, 0.29) is 11.9 Å². The van der Waals surface area contributed by atoms with Crippen LogP contribution in [0.1, 0.15) is 40.0 Å². The smallest absolute Gasteiger partial charge is 0.221 e. The molecule has 1 atom stereocenters. The van der Waals surface area contributed by atoms with Gasteiger partial charge in [0.25, 0.3) is 0 Å². The van der Waals surface area contributed by atoms with Crippen molar-refractivity contribution in [1.29, 1.82) is 0 Å². The van der Waals surface area contributed by atoms with Gasteiger partial charge in [0, 0.05) is 19.0 Å². The molecule has 1 amide bonds. The highest BCUT2D eigenvalue weighted by Gasteiger charge is 2.06. The van der Waals surface area contributed by atoms with Crippen molar-refractivity contribution in [3.63, 3.8) is 0 Å². The van der Waals surface area contributed by atoms with E-state index < -0.39 is 0 Å². The van der Waals surface area contributed by atoms with Gasteiger partial charge in [-0.15, -0.1) is 0 Å². The zero-order valence-electron chi connectivity index (χ0n) is 8.97. The molecule has 0 bridgehead atoms. The van der Waals surface area contributed by atoms with Gasteiger partial charge in [-0.05, 0) is 25.7 Å². The Morgan fingerprint density at radius 2 is 1.92 bits per heavy atom. The maximum Gasteiger partial charge on any atom is 0.221 e. The maximum absolute atomic E-state index is 11.1. The Morgan fingerprint density at radius 3 is 2.38 bits per heavy atom. The van der Waals surface area contributed by atoms with Gasteiger partial charge >= 0.3 is 0 Å². The third-order valence-electron chi connectivity index (χ3n) is 1.96. The molecular formula is C10H22N2O. The first-order chi connectivity index (χ1) is 6.06. The van der Waals surface area contributed by atoms with Crippen LogP contribution < -0.4 is 11.1 Å². The van der Waals surface area contributed by atoms with Crippen LogP contribution in [-0.4, -0.2) is 18.5 Å². The molecule has 3 nitrogen and oxygen atoms in total. The molecule has 0 aliphatic heterocycles. The molecule has 0 radical (unpaired) electrons. The first-order valence-electron chi connectivity index (χ1n) is 5.05. The third-order valence-corrected chi connectivity index (χ3v) is 1.96. The van der Waals surface area contributed by atoms with Gasteiger partial charge in [0.2, 0.25) is 5.91 Å². The molecule has 0 aliphatic rings. The number of nitrogens with one attached hydrogen (secondary N) is 1. The molecule has 0 fully saturated rings. The van der Waals surface area contributed by atoms with Crippen molar-refractivity contribution >= 4 is 5.91 Å². The zero-order valence-corrected chi connectivity index (χ0v) is 8.97. The van der Waals surface area contributed by atoms with Gasteiger partial charge in [0.15, 0.2) is 0 Å². The molecular weight excluding hydrogens is 164 g/mol. The van der Waals surface area contributed by atoms with Crippen LogP contribution >= 0.6 is 0 Å². The lowest BCUT2D eigenvalue weighted by atomic mass is 10.0. The normalized spacial score (nSPS) is 13.0. The van der Waals surface area contributed by atoms with Gasteiger partial charge < -0.3 is 11.1 Å². The zero-order chi connectivity index (χ0) is 10.3. The quantitative estimate of drug-likeness (QED) is 0.656. The molecule has 3 heteroatoms. The van der Waals surface area contributed by atoms with E-state index in [9.17, 15) is 4.79 Å². The minimum absolute atomic E-state index is 0.0683. The monoisotopic (exact) mass is 186 g/mol. The Labute approximate surface area is 81.1 Å². The molecule has 13 heavy (non-hydrogen) atoms. The van der Waals surface area contributed by atoms with Crippen molar-refractivity contribution in [2.45, 2.75) is 46.1 Å². The van der Waals surface area contributed by atoms with Gasteiger partial charge in [0.1, 0.15) is 0 Å². The van der Waals surface area contributed by atoms with Crippen molar-refractivity contribution < 1.29 is 4.79 Å². The highest BCUT2D eigenvalue weighted by Crippen LogP contribution is 2.06.